The predicted molar refractivity (Wildman–Crippen MR) is 57.0 cm³/mol. The van der Waals surface area contributed by atoms with Gasteiger partial charge in [0.25, 0.3) is 0 Å². The molecule has 78 valence electrons. The fraction of sp³-hybridized carbons (Fsp3) is 0.200. The van der Waals surface area contributed by atoms with Crippen LogP contribution in [0.4, 0.5) is 4.39 Å². The molecule has 0 fully saturated rings. The zero-order chi connectivity index (χ0) is 10.7. The molecule has 15 heavy (non-hydrogen) atoms. The molecule has 0 saturated heterocycles. The molecule has 0 aliphatic rings. The highest BCUT2D eigenvalue weighted by Crippen LogP contribution is 2.19. The summed E-state index contributed by atoms with van der Waals surface area (Å²) in [6.45, 7) is 0. The number of rotatable bonds is 3. The average molecular weight is 223 g/mol. The summed E-state index contributed by atoms with van der Waals surface area (Å²) in [5, 5.41) is 8.54. The van der Waals surface area contributed by atoms with E-state index in [0.29, 0.717) is 5.75 Å². The maximum absolute atomic E-state index is 12.9. The Labute approximate surface area is 91.3 Å². The maximum atomic E-state index is 12.9. The van der Waals surface area contributed by atoms with Gasteiger partial charge in [0.1, 0.15) is 12.1 Å². The van der Waals surface area contributed by atoms with E-state index in [9.17, 15) is 4.39 Å². The zero-order valence-corrected chi connectivity index (χ0v) is 9.04. The van der Waals surface area contributed by atoms with Crippen molar-refractivity contribution in [2.24, 2.45) is 7.05 Å². The van der Waals surface area contributed by atoms with Crippen LogP contribution in [0.3, 0.4) is 0 Å². The third-order valence-electron chi connectivity index (χ3n) is 1.93. The molecule has 0 bridgehead atoms. The fourth-order valence-corrected chi connectivity index (χ4v) is 2.01. The van der Waals surface area contributed by atoms with Crippen LogP contribution in [0.5, 0.6) is 0 Å². The van der Waals surface area contributed by atoms with Crippen molar-refractivity contribution in [3.8, 4) is 0 Å². The molecule has 3 nitrogen and oxygen atoms in total. The minimum Gasteiger partial charge on any atom is -0.312 e. The van der Waals surface area contributed by atoms with Crippen molar-refractivity contribution in [2.75, 3.05) is 0 Å². The highest BCUT2D eigenvalue weighted by atomic mass is 32.2. The monoisotopic (exact) mass is 223 g/mol. The summed E-state index contributed by atoms with van der Waals surface area (Å²) in [4.78, 5) is 0. The Morgan fingerprint density at radius 2 is 2.33 bits per heavy atom. The first-order valence-corrected chi connectivity index (χ1v) is 5.45. The minimum atomic E-state index is -0.203. The number of benzene rings is 1. The number of hydrogen-bond donors (Lipinski definition) is 0. The van der Waals surface area contributed by atoms with Gasteiger partial charge in [-0.25, -0.2) is 4.39 Å². The van der Waals surface area contributed by atoms with E-state index in [4.69, 9.17) is 0 Å². The summed E-state index contributed by atoms with van der Waals surface area (Å²) in [6.07, 6.45) is 1.65. The van der Waals surface area contributed by atoms with Crippen molar-refractivity contribution in [3.05, 3.63) is 42.0 Å². The molecule has 1 heterocycles. The SMILES string of the molecule is Cn1cnnc1SCc1cccc(F)c1. The standard InChI is InChI=1S/C10H10FN3S/c1-14-7-12-13-10(14)15-6-8-3-2-4-9(11)5-8/h2-5,7H,6H2,1H3. The molecular formula is C10H10FN3S. The van der Waals surface area contributed by atoms with Gasteiger partial charge in [0.05, 0.1) is 0 Å². The molecule has 1 aromatic heterocycles. The molecule has 0 N–H and O–H groups in total. The summed E-state index contributed by atoms with van der Waals surface area (Å²) in [7, 11) is 1.88. The molecule has 0 saturated carbocycles. The third kappa shape index (κ3) is 2.56. The molecule has 5 heteroatoms. The molecule has 0 atom stereocenters. The number of aromatic nitrogens is 3. The summed E-state index contributed by atoms with van der Waals surface area (Å²) >= 11 is 1.54. The molecular weight excluding hydrogens is 213 g/mol. The van der Waals surface area contributed by atoms with Crippen molar-refractivity contribution in [3.63, 3.8) is 0 Å². The lowest BCUT2D eigenvalue weighted by molar-refractivity contribution is 0.626. The summed E-state index contributed by atoms with van der Waals surface area (Å²) < 4.78 is 14.7. The molecule has 2 rings (SSSR count). The second kappa shape index (κ2) is 4.44. The average Bonchev–Trinajstić information content (AvgIpc) is 2.61. The van der Waals surface area contributed by atoms with E-state index in [-0.39, 0.29) is 5.82 Å². The number of aryl methyl sites for hydroxylation is 1. The lowest BCUT2D eigenvalue weighted by Crippen LogP contribution is -1.90. The van der Waals surface area contributed by atoms with Crippen molar-refractivity contribution in [2.45, 2.75) is 10.9 Å². The van der Waals surface area contributed by atoms with E-state index in [1.807, 2.05) is 17.7 Å². The van der Waals surface area contributed by atoms with Crippen molar-refractivity contribution in [1.82, 2.24) is 14.8 Å². The van der Waals surface area contributed by atoms with Gasteiger partial charge in [-0.3, -0.25) is 0 Å². The number of nitrogens with zero attached hydrogens (tertiary/aromatic N) is 3. The van der Waals surface area contributed by atoms with E-state index >= 15 is 0 Å². The summed E-state index contributed by atoms with van der Waals surface area (Å²) in [5.74, 6) is 0.496. The Balaban J connectivity index is 2.02. The second-order valence-electron chi connectivity index (χ2n) is 3.14. The Hall–Kier alpha value is -1.36. The van der Waals surface area contributed by atoms with Gasteiger partial charge in [-0.05, 0) is 17.7 Å². The number of hydrogen-bond acceptors (Lipinski definition) is 3. The first kappa shape index (κ1) is 10.2. The van der Waals surface area contributed by atoms with Gasteiger partial charge in [0.2, 0.25) is 0 Å². The number of halogens is 1. The second-order valence-corrected chi connectivity index (χ2v) is 4.09. The van der Waals surface area contributed by atoms with Gasteiger partial charge in [-0.1, -0.05) is 23.9 Å². The van der Waals surface area contributed by atoms with Gasteiger partial charge < -0.3 is 4.57 Å². The zero-order valence-electron chi connectivity index (χ0n) is 8.22. The maximum Gasteiger partial charge on any atom is 0.191 e. The third-order valence-corrected chi connectivity index (χ3v) is 3.03. The largest absolute Gasteiger partial charge is 0.312 e. The van der Waals surface area contributed by atoms with Crippen LogP contribution in [0.2, 0.25) is 0 Å². The van der Waals surface area contributed by atoms with Crippen LogP contribution < -0.4 is 0 Å². The normalized spacial score (nSPS) is 10.5. The van der Waals surface area contributed by atoms with Crippen LogP contribution in [-0.2, 0) is 12.8 Å². The van der Waals surface area contributed by atoms with Gasteiger partial charge in [-0.2, -0.15) is 0 Å². The highest BCUT2D eigenvalue weighted by molar-refractivity contribution is 7.98. The summed E-state index contributed by atoms with van der Waals surface area (Å²) in [6, 6.07) is 6.58. The molecule has 0 aliphatic heterocycles. The van der Waals surface area contributed by atoms with Crippen LogP contribution in [0.15, 0.2) is 35.7 Å². The molecule has 0 spiro atoms. The van der Waals surface area contributed by atoms with Crippen molar-refractivity contribution < 1.29 is 4.39 Å². The van der Waals surface area contributed by atoms with E-state index in [1.165, 1.54) is 23.9 Å². The molecule has 1 aromatic carbocycles. The van der Waals surface area contributed by atoms with Crippen LogP contribution in [0, 0.1) is 5.82 Å². The molecule has 0 radical (unpaired) electrons. The lowest BCUT2D eigenvalue weighted by Gasteiger charge is -2.00. The van der Waals surface area contributed by atoms with Gasteiger partial charge >= 0.3 is 0 Å². The summed E-state index contributed by atoms with van der Waals surface area (Å²) in [5.41, 5.74) is 0.947. The Morgan fingerprint density at radius 1 is 1.47 bits per heavy atom. The van der Waals surface area contributed by atoms with Gasteiger partial charge in [0.15, 0.2) is 5.16 Å². The van der Waals surface area contributed by atoms with E-state index < -0.39 is 0 Å². The van der Waals surface area contributed by atoms with Crippen LogP contribution in [0.1, 0.15) is 5.56 Å². The predicted octanol–water partition coefficient (Wildman–Crippen LogP) is 2.25. The molecule has 0 amide bonds. The van der Waals surface area contributed by atoms with E-state index in [1.54, 1.807) is 12.4 Å². The Bertz CT molecular complexity index is 455. The minimum absolute atomic E-state index is 0.203. The van der Waals surface area contributed by atoms with E-state index in [0.717, 1.165) is 10.7 Å². The lowest BCUT2D eigenvalue weighted by atomic mass is 10.2. The molecule has 0 aliphatic carbocycles. The highest BCUT2D eigenvalue weighted by Gasteiger charge is 2.02. The van der Waals surface area contributed by atoms with Crippen LogP contribution >= 0.6 is 11.8 Å². The van der Waals surface area contributed by atoms with Gasteiger partial charge in [0, 0.05) is 12.8 Å². The van der Waals surface area contributed by atoms with Crippen LogP contribution in [0.25, 0.3) is 0 Å². The molecule has 0 unspecified atom stereocenters. The van der Waals surface area contributed by atoms with Crippen molar-refractivity contribution in [1.29, 1.82) is 0 Å². The van der Waals surface area contributed by atoms with Gasteiger partial charge in [-0.15, -0.1) is 10.2 Å². The topological polar surface area (TPSA) is 30.7 Å². The first-order valence-electron chi connectivity index (χ1n) is 4.47. The quantitative estimate of drug-likeness (QED) is 0.748. The molecule has 2 aromatic rings. The van der Waals surface area contributed by atoms with E-state index in [2.05, 4.69) is 10.2 Å². The Kier molecular flexibility index (Phi) is 3.01. The first-order chi connectivity index (χ1) is 7.25. The van der Waals surface area contributed by atoms with Crippen LogP contribution in [-0.4, -0.2) is 14.8 Å². The number of thioether (sulfide) groups is 1. The fourth-order valence-electron chi connectivity index (χ4n) is 1.18. The smallest absolute Gasteiger partial charge is 0.191 e. The Morgan fingerprint density at radius 3 is 3.00 bits per heavy atom. The van der Waals surface area contributed by atoms with Crippen molar-refractivity contribution >= 4 is 11.8 Å².